The van der Waals surface area contributed by atoms with Crippen LogP contribution >= 0.6 is 0 Å². The van der Waals surface area contributed by atoms with Crippen molar-refractivity contribution in [3.05, 3.63) is 131 Å². The van der Waals surface area contributed by atoms with E-state index < -0.39 is 11.9 Å². The molecule has 0 aliphatic carbocycles. The lowest BCUT2D eigenvalue weighted by Gasteiger charge is -2.20. The lowest BCUT2D eigenvalue weighted by molar-refractivity contribution is -0.147. The molecule has 0 N–H and O–H groups in total. The second kappa shape index (κ2) is 12.4. The standard InChI is InChI=1S/C34H34O6/c1-4-36-33(35)27-17-15-26(16-18-27)31-32(40-34(2,3)39-31)28-19-20-29(37-22-24-11-7-5-8-12-24)30(21-28)38-23-25-13-9-6-10-14-25/h5-21,31-32H,4,22-23H2,1-3H3/t31-,32-/m1/s1. The molecule has 1 heterocycles. The summed E-state index contributed by atoms with van der Waals surface area (Å²) < 4.78 is 30.4. The average molecular weight is 539 g/mol. The van der Waals surface area contributed by atoms with Gasteiger partial charge in [-0.2, -0.15) is 0 Å². The van der Waals surface area contributed by atoms with Gasteiger partial charge in [-0.1, -0.05) is 78.9 Å². The normalized spacial score (nSPS) is 17.8. The van der Waals surface area contributed by atoms with Crippen LogP contribution in [0.2, 0.25) is 0 Å². The van der Waals surface area contributed by atoms with Gasteiger partial charge in [0.1, 0.15) is 25.4 Å². The second-order valence-corrected chi connectivity index (χ2v) is 10.1. The molecule has 0 aromatic heterocycles. The molecule has 40 heavy (non-hydrogen) atoms. The number of esters is 1. The van der Waals surface area contributed by atoms with Gasteiger partial charge in [-0.05, 0) is 67.3 Å². The van der Waals surface area contributed by atoms with Crippen LogP contribution in [0.5, 0.6) is 11.5 Å². The van der Waals surface area contributed by atoms with E-state index in [-0.39, 0.29) is 12.1 Å². The highest BCUT2D eigenvalue weighted by Gasteiger charge is 2.43. The maximum absolute atomic E-state index is 12.1. The van der Waals surface area contributed by atoms with E-state index in [1.54, 1.807) is 19.1 Å². The molecule has 0 bridgehead atoms. The van der Waals surface area contributed by atoms with Gasteiger partial charge < -0.3 is 23.7 Å². The van der Waals surface area contributed by atoms with E-state index >= 15 is 0 Å². The van der Waals surface area contributed by atoms with Crippen molar-refractivity contribution < 1.29 is 28.5 Å². The molecule has 4 aromatic carbocycles. The fraction of sp³-hybridized carbons (Fsp3) is 0.265. The van der Waals surface area contributed by atoms with Crippen LogP contribution in [0.1, 0.15) is 65.6 Å². The number of hydrogen-bond donors (Lipinski definition) is 0. The van der Waals surface area contributed by atoms with Crippen molar-refractivity contribution in [2.45, 2.75) is 52.0 Å². The molecule has 2 atom stereocenters. The van der Waals surface area contributed by atoms with Gasteiger partial charge in [0.25, 0.3) is 0 Å². The van der Waals surface area contributed by atoms with E-state index in [2.05, 4.69) is 0 Å². The Bertz CT molecular complexity index is 1400. The van der Waals surface area contributed by atoms with E-state index in [9.17, 15) is 4.79 Å². The van der Waals surface area contributed by atoms with Gasteiger partial charge in [0.2, 0.25) is 0 Å². The van der Waals surface area contributed by atoms with E-state index in [1.807, 2.05) is 105 Å². The third-order valence-electron chi connectivity index (χ3n) is 6.62. The van der Waals surface area contributed by atoms with Gasteiger partial charge in [-0.3, -0.25) is 0 Å². The highest BCUT2D eigenvalue weighted by Crippen LogP contribution is 2.48. The molecule has 0 radical (unpaired) electrons. The van der Waals surface area contributed by atoms with Crippen LogP contribution in [0.15, 0.2) is 103 Å². The first-order valence-electron chi connectivity index (χ1n) is 13.5. The molecular formula is C34H34O6. The highest BCUT2D eigenvalue weighted by molar-refractivity contribution is 5.89. The van der Waals surface area contributed by atoms with Gasteiger partial charge in [0, 0.05) is 0 Å². The molecule has 0 spiro atoms. The molecule has 0 amide bonds. The highest BCUT2D eigenvalue weighted by atomic mass is 16.8. The van der Waals surface area contributed by atoms with Crippen LogP contribution in [0.3, 0.4) is 0 Å². The van der Waals surface area contributed by atoms with Crippen LogP contribution in [0.25, 0.3) is 0 Å². The summed E-state index contributed by atoms with van der Waals surface area (Å²) in [6.07, 6.45) is -0.782. The summed E-state index contributed by atoms with van der Waals surface area (Å²) in [5.41, 5.74) is 4.43. The first kappa shape index (κ1) is 27.4. The van der Waals surface area contributed by atoms with Crippen LogP contribution in [-0.2, 0) is 27.4 Å². The number of benzene rings is 4. The molecule has 0 unspecified atom stereocenters. The van der Waals surface area contributed by atoms with Gasteiger partial charge >= 0.3 is 5.97 Å². The summed E-state index contributed by atoms with van der Waals surface area (Å²) in [6.45, 7) is 6.74. The van der Waals surface area contributed by atoms with Gasteiger partial charge in [0.05, 0.1) is 12.2 Å². The molecule has 4 aromatic rings. The summed E-state index contributed by atoms with van der Waals surface area (Å²) in [5.74, 6) is 0.128. The average Bonchev–Trinajstić information content (AvgIpc) is 3.31. The summed E-state index contributed by atoms with van der Waals surface area (Å²) in [7, 11) is 0. The van der Waals surface area contributed by atoms with E-state index in [4.69, 9.17) is 23.7 Å². The number of ether oxygens (including phenoxy) is 5. The first-order valence-corrected chi connectivity index (χ1v) is 13.5. The van der Waals surface area contributed by atoms with Crippen molar-refractivity contribution in [3.8, 4) is 11.5 Å². The lowest BCUT2D eigenvalue weighted by atomic mass is 9.97. The number of carbonyl (C=O) groups excluding carboxylic acids is 1. The Morgan fingerprint density at radius 2 is 1.23 bits per heavy atom. The number of carbonyl (C=O) groups is 1. The third kappa shape index (κ3) is 6.71. The van der Waals surface area contributed by atoms with Crippen LogP contribution in [0.4, 0.5) is 0 Å². The number of hydrogen-bond acceptors (Lipinski definition) is 6. The Balaban J connectivity index is 1.42. The maximum atomic E-state index is 12.1. The molecule has 1 aliphatic rings. The van der Waals surface area contributed by atoms with Gasteiger partial charge in [-0.25, -0.2) is 4.79 Å². The first-order chi connectivity index (χ1) is 19.4. The Labute approximate surface area is 235 Å². The zero-order valence-corrected chi connectivity index (χ0v) is 23.0. The minimum Gasteiger partial charge on any atom is -0.485 e. The molecule has 6 nitrogen and oxygen atoms in total. The summed E-state index contributed by atoms with van der Waals surface area (Å²) in [5, 5.41) is 0. The summed E-state index contributed by atoms with van der Waals surface area (Å²) in [4.78, 5) is 12.1. The molecule has 1 aliphatic heterocycles. The minimum atomic E-state index is -0.803. The van der Waals surface area contributed by atoms with Crippen LogP contribution in [-0.4, -0.2) is 18.4 Å². The van der Waals surface area contributed by atoms with Crippen molar-refractivity contribution in [1.82, 2.24) is 0 Å². The van der Waals surface area contributed by atoms with Crippen molar-refractivity contribution >= 4 is 5.97 Å². The summed E-state index contributed by atoms with van der Waals surface area (Å²) >= 11 is 0. The Morgan fingerprint density at radius 1 is 0.700 bits per heavy atom. The monoisotopic (exact) mass is 538 g/mol. The molecule has 0 saturated carbocycles. The van der Waals surface area contributed by atoms with Crippen molar-refractivity contribution in [1.29, 1.82) is 0 Å². The second-order valence-electron chi connectivity index (χ2n) is 10.1. The quantitative estimate of drug-likeness (QED) is 0.194. The molecule has 5 rings (SSSR count). The van der Waals surface area contributed by atoms with Crippen LogP contribution < -0.4 is 9.47 Å². The molecule has 1 fully saturated rings. The molecule has 6 heteroatoms. The fourth-order valence-corrected chi connectivity index (χ4v) is 4.68. The van der Waals surface area contributed by atoms with Gasteiger partial charge in [0.15, 0.2) is 17.3 Å². The Kier molecular flexibility index (Phi) is 8.48. The van der Waals surface area contributed by atoms with E-state index in [1.165, 1.54) is 0 Å². The maximum Gasteiger partial charge on any atom is 0.338 e. The zero-order chi connectivity index (χ0) is 28.0. The van der Waals surface area contributed by atoms with Gasteiger partial charge in [-0.15, -0.1) is 0 Å². The lowest BCUT2D eigenvalue weighted by Crippen LogP contribution is -2.20. The third-order valence-corrected chi connectivity index (χ3v) is 6.62. The fourth-order valence-electron chi connectivity index (χ4n) is 4.68. The Morgan fingerprint density at radius 3 is 1.80 bits per heavy atom. The zero-order valence-electron chi connectivity index (χ0n) is 23.0. The summed E-state index contributed by atoms with van der Waals surface area (Å²) in [6, 6.07) is 33.2. The SMILES string of the molecule is CCOC(=O)c1ccc([C@H]2OC(C)(C)O[C@@H]2c2ccc(OCc3ccccc3)c(OCc3ccccc3)c2)cc1. The van der Waals surface area contributed by atoms with Crippen molar-refractivity contribution in [2.24, 2.45) is 0 Å². The van der Waals surface area contributed by atoms with Crippen molar-refractivity contribution in [2.75, 3.05) is 6.61 Å². The topological polar surface area (TPSA) is 63.2 Å². The predicted molar refractivity (Wildman–Crippen MR) is 152 cm³/mol. The van der Waals surface area contributed by atoms with Crippen molar-refractivity contribution in [3.63, 3.8) is 0 Å². The van der Waals surface area contributed by atoms with E-state index in [0.29, 0.717) is 36.9 Å². The van der Waals surface area contributed by atoms with E-state index in [0.717, 1.165) is 22.3 Å². The smallest absolute Gasteiger partial charge is 0.338 e. The largest absolute Gasteiger partial charge is 0.485 e. The molecule has 1 saturated heterocycles. The minimum absolute atomic E-state index is 0.330. The molecular weight excluding hydrogens is 504 g/mol. The Hall–Kier alpha value is -4.13. The molecule has 206 valence electrons. The number of rotatable bonds is 10. The predicted octanol–water partition coefficient (Wildman–Crippen LogP) is 7.59. The van der Waals surface area contributed by atoms with Crippen LogP contribution in [0, 0.1) is 0 Å².